The number of rotatable bonds is 4. The Hall–Kier alpha value is -2.41. The van der Waals surface area contributed by atoms with Gasteiger partial charge in [-0.15, -0.1) is 0 Å². The van der Waals surface area contributed by atoms with E-state index in [1.54, 1.807) is 26.0 Å². The molecule has 0 aromatic rings. The largest absolute Gasteiger partial charge is 0.478 e. The van der Waals surface area contributed by atoms with E-state index in [9.17, 15) is 19.5 Å². The lowest BCUT2D eigenvalue weighted by atomic mass is 9.62. The molecule has 0 amide bonds. The second-order valence-electron chi connectivity index (χ2n) is 8.62. The first-order chi connectivity index (χ1) is 13.5. The van der Waals surface area contributed by atoms with Gasteiger partial charge in [0.2, 0.25) is 0 Å². The lowest BCUT2D eigenvalue weighted by Gasteiger charge is -2.54. The van der Waals surface area contributed by atoms with Crippen LogP contribution in [0.25, 0.3) is 0 Å². The van der Waals surface area contributed by atoms with E-state index in [0.717, 1.165) is 5.57 Å². The van der Waals surface area contributed by atoms with Crippen LogP contribution in [0.3, 0.4) is 0 Å². The Kier molecular flexibility index (Phi) is 5.24. The van der Waals surface area contributed by atoms with Gasteiger partial charge in [0.1, 0.15) is 16.6 Å². The first kappa shape index (κ1) is 21.3. The van der Waals surface area contributed by atoms with Crippen LogP contribution in [0.4, 0.5) is 0 Å². The van der Waals surface area contributed by atoms with Crippen molar-refractivity contribution in [3.8, 4) is 0 Å². The van der Waals surface area contributed by atoms with Crippen LogP contribution in [-0.4, -0.2) is 45.4 Å². The number of carboxylic acids is 1. The van der Waals surface area contributed by atoms with Crippen molar-refractivity contribution in [2.24, 2.45) is 11.3 Å². The minimum absolute atomic E-state index is 0.149. The summed E-state index contributed by atoms with van der Waals surface area (Å²) in [5.41, 5.74) is -2.39. The zero-order valence-corrected chi connectivity index (χ0v) is 17.2. The molecule has 0 aromatic carbocycles. The van der Waals surface area contributed by atoms with Gasteiger partial charge in [0.05, 0.1) is 6.10 Å². The van der Waals surface area contributed by atoms with Crippen molar-refractivity contribution in [2.75, 3.05) is 0 Å². The Labute approximate surface area is 170 Å². The molecule has 1 aliphatic heterocycles. The van der Waals surface area contributed by atoms with Crippen molar-refractivity contribution in [2.45, 2.75) is 70.7 Å². The average molecular weight is 404 g/mol. The minimum Gasteiger partial charge on any atom is -0.478 e. The normalized spacial score (nSPS) is 39.4. The summed E-state index contributed by atoms with van der Waals surface area (Å²) in [6, 6.07) is 0. The molecule has 2 fully saturated rings. The molecule has 1 heterocycles. The summed E-state index contributed by atoms with van der Waals surface area (Å²) >= 11 is 0. The zero-order chi connectivity index (χ0) is 21.6. The highest BCUT2D eigenvalue weighted by atomic mass is 16.6. The molecule has 2 aliphatic carbocycles. The lowest BCUT2D eigenvalue weighted by molar-refractivity contribution is -0.236. The second-order valence-corrected chi connectivity index (χ2v) is 8.62. The number of ether oxygens (including phenoxy) is 2. The van der Waals surface area contributed by atoms with Crippen LogP contribution in [-0.2, 0) is 23.9 Å². The number of carboxylic acid groups (broad SMARTS) is 1. The molecule has 7 nitrogen and oxygen atoms in total. The number of aliphatic hydroxyl groups is 1. The van der Waals surface area contributed by atoms with Gasteiger partial charge in [0.25, 0.3) is 0 Å². The van der Waals surface area contributed by atoms with E-state index in [1.165, 1.54) is 19.9 Å². The molecular formula is C22H28O7. The summed E-state index contributed by atoms with van der Waals surface area (Å²) in [7, 11) is 0. The zero-order valence-electron chi connectivity index (χ0n) is 17.2. The Bertz CT molecular complexity index is 838. The minimum atomic E-state index is -1.11. The fourth-order valence-corrected chi connectivity index (χ4v) is 5.27. The predicted molar refractivity (Wildman–Crippen MR) is 104 cm³/mol. The van der Waals surface area contributed by atoms with Crippen LogP contribution in [0.2, 0.25) is 0 Å². The summed E-state index contributed by atoms with van der Waals surface area (Å²) in [5, 5.41) is 19.6. The number of esters is 2. The van der Waals surface area contributed by atoms with Gasteiger partial charge in [0, 0.05) is 24.8 Å². The summed E-state index contributed by atoms with van der Waals surface area (Å²) < 4.78 is 11.8. The van der Waals surface area contributed by atoms with Gasteiger partial charge in [-0.25, -0.2) is 4.79 Å². The van der Waals surface area contributed by atoms with E-state index in [2.05, 4.69) is 0 Å². The highest BCUT2D eigenvalue weighted by Gasteiger charge is 2.75. The van der Waals surface area contributed by atoms with Crippen LogP contribution in [0.1, 0.15) is 53.4 Å². The molecule has 2 N–H and O–H groups in total. The molecular weight excluding hydrogens is 376 g/mol. The Balaban J connectivity index is 2.10. The van der Waals surface area contributed by atoms with Gasteiger partial charge < -0.3 is 19.7 Å². The molecule has 1 saturated heterocycles. The third kappa shape index (κ3) is 3.21. The molecule has 1 saturated carbocycles. The third-order valence-electron chi connectivity index (χ3n) is 6.86. The molecule has 5 atom stereocenters. The predicted octanol–water partition coefficient (Wildman–Crippen LogP) is 2.69. The van der Waals surface area contributed by atoms with Crippen LogP contribution >= 0.6 is 0 Å². The molecule has 2 bridgehead atoms. The van der Waals surface area contributed by atoms with Crippen LogP contribution in [0, 0.1) is 11.3 Å². The fraction of sp³-hybridized carbons (Fsp3) is 0.591. The number of carbonyl (C=O) groups is 3. The van der Waals surface area contributed by atoms with Gasteiger partial charge in [-0.1, -0.05) is 18.2 Å². The second kappa shape index (κ2) is 7.13. The van der Waals surface area contributed by atoms with Crippen molar-refractivity contribution in [1.82, 2.24) is 0 Å². The number of hydrogen-bond acceptors (Lipinski definition) is 6. The van der Waals surface area contributed by atoms with Crippen molar-refractivity contribution in [3.05, 3.63) is 35.5 Å². The molecule has 7 heteroatoms. The summed E-state index contributed by atoms with van der Waals surface area (Å²) in [6.45, 7) is 6.36. The third-order valence-corrected chi connectivity index (χ3v) is 6.86. The molecule has 29 heavy (non-hydrogen) atoms. The maximum absolute atomic E-state index is 13.3. The maximum Gasteiger partial charge on any atom is 0.331 e. The standard InChI is InChI=1S/C22H28O7/c1-13-7-11-22(28-15(3)23)17-8-10-21(22,12-16(13)24)19(27)29-20(17,4)9-5-6-14(2)18(25)26/h5-7,9,16-17,24H,8,10-12H2,1-4H3,(H,25,26)/b9-5+,14-6+/t16-,17-,20-,21-,22+/m1/s1. The average Bonchev–Trinajstić information content (AvgIpc) is 2.81. The van der Waals surface area contributed by atoms with E-state index >= 15 is 0 Å². The highest BCUT2D eigenvalue weighted by Crippen LogP contribution is 2.65. The maximum atomic E-state index is 13.3. The van der Waals surface area contributed by atoms with Crippen molar-refractivity contribution < 1.29 is 34.1 Å². The van der Waals surface area contributed by atoms with E-state index in [0.29, 0.717) is 19.3 Å². The van der Waals surface area contributed by atoms with Crippen molar-refractivity contribution in [1.29, 1.82) is 0 Å². The van der Waals surface area contributed by atoms with Crippen LogP contribution in [0.15, 0.2) is 35.5 Å². The van der Waals surface area contributed by atoms with E-state index < -0.39 is 40.6 Å². The highest BCUT2D eigenvalue weighted by molar-refractivity contribution is 5.86. The van der Waals surface area contributed by atoms with Crippen LogP contribution < -0.4 is 0 Å². The first-order valence-electron chi connectivity index (χ1n) is 9.84. The van der Waals surface area contributed by atoms with Crippen molar-refractivity contribution in [3.63, 3.8) is 0 Å². The lowest BCUT2D eigenvalue weighted by Crippen LogP contribution is -2.65. The summed E-state index contributed by atoms with van der Waals surface area (Å²) in [5.74, 6) is -2.32. The number of hydrogen-bond donors (Lipinski definition) is 2. The smallest absolute Gasteiger partial charge is 0.331 e. The van der Waals surface area contributed by atoms with E-state index in [-0.39, 0.29) is 17.9 Å². The van der Waals surface area contributed by atoms with E-state index in [1.807, 2.05) is 6.08 Å². The number of aliphatic hydroxyl groups excluding tert-OH is 1. The summed E-state index contributed by atoms with van der Waals surface area (Å²) in [6.07, 6.45) is 7.23. The molecule has 158 valence electrons. The number of cyclic esters (lactones) is 1. The summed E-state index contributed by atoms with van der Waals surface area (Å²) in [4.78, 5) is 36.5. The van der Waals surface area contributed by atoms with Crippen LogP contribution in [0.5, 0.6) is 0 Å². The SMILES string of the molecule is CC(=O)O[C@]12CC=C(C)[C@H](O)C[C@@]13CC[C@@H]2[C@@](C)(/C=C/C=C(\C)C(=O)O)OC3=O. The van der Waals surface area contributed by atoms with Gasteiger partial charge in [-0.05, 0) is 51.7 Å². The Morgan fingerprint density at radius 1 is 1.34 bits per heavy atom. The van der Waals surface area contributed by atoms with Crippen molar-refractivity contribution >= 4 is 17.9 Å². The van der Waals surface area contributed by atoms with Gasteiger partial charge >= 0.3 is 17.9 Å². The molecule has 3 aliphatic rings. The first-order valence-corrected chi connectivity index (χ1v) is 9.84. The van der Waals surface area contributed by atoms with Gasteiger partial charge in [-0.2, -0.15) is 0 Å². The topological polar surface area (TPSA) is 110 Å². The molecule has 0 unspecified atom stereocenters. The molecule has 0 radical (unpaired) electrons. The van der Waals surface area contributed by atoms with Gasteiger partial charge in [-0.3, -0.25) is 9.59 Å². The monoisotopic (exact) mass is 404 g/mol. The van der Waals surface area contributed by atoms with E-state index in [4.69, 9.17) is 14.6 Å². The Morgan fingerprint density at radius 3 is 2.66 bits per heavy atom. The number of allylic oxidation sites excluding steroid dienone is 2. The molecule has 0 aromatic heterocycles. The molecule has 0 spiro atoms. The quantitative estimate of drug-likeness (QED) is 0.321. The fourth-order valence-electron chi connectivity index (χ4n) is 5.27. The Morgan fingerprint density at radius 2 is 2.03 bits per heavy atom. The van der Waals surface area contributed by atoms with Gasteiger partial charge in [0.15, 0.2) is 0 Å². The number of aliphatic carboxylic acids is 1. The number of carbonyl (C=O) groups excluding carboxylic acids is 2. The molecule has 3 rings (SSSR count).